The molecule has 0 aromatic carbocycles. The van der Waals surface area contributed by atoms with E-state index >= 15 is 0 Å². The minimum absolute atomic E-state index is 0.0741. The molecule has 96 valence electrons. The molecule has 18 heavy (non-hydrogen) atoms. The first kappa shape index (κ1) is 12.6. The summed E-state index contributed by atoms with van der Waals surface area (Å²) in [5, 5.41) is 15.6. The van der Waals surface area contributed by atoms with Crippen molar-refractivity contribution in [3.8, 4) is 0 Å². The van der Waals surface area contributed by atoms with Crippen molar-refractivity contribution in [2.75, 3.05) is 4.72 Å². The van der Waals surface area contributed by atoms with Crippen LogP contribution < -0.4 is 4.72 Å². The van der Waals surface area contributed by atoms with Crippen LogP contribution in [0.25, 0.3) is 0 Å². The van der Waals surface area contributed by atoms with Gasteiger partial charge in [0.2, 0.25) is 0 Å². The number of sulfonamides is 1. The third kappa shape index (κ3) is 2.87. The number of aromatic nitrogens is 2. The van der Waals surface area contributed by atoms with E-state index in [4.69, 9.17) is 5.11 Å². The molecule has 9 heteroatoms. The summed E-state index contributed by atoms with van der Waals surface area (Å²) in [6.45, 7) is -0.381. The largest absolute Gasteiger partial charge is 0.480 e. The van der Waals surface area contributed by atoms with Gasteiger partial charge in [-0.05, 0) is 11.4 Å². The number of nitrogens with one attached hydrogen (secondary N) is 1. The van der Waals surface area contributed by atoms with Gasteiger partial charge in [-0.2, -0.15) is 16.4 Å². The zero-order chi connectivity index (χ0) is 13.2. The molecule has 0 saturated heterocycles. The Bertz CT molecular complexity index is 645. The van der Waals surface area contributed by atoms with Crippen molar-refractivity contribution in [2.24, 2.45) is 0 Å². The van der Waals surface area contributed by atoms with Gasteiger partial charge in [-0.25, -0.2) is 8.42 Å². The van der Waals surface area contributed by atoms with Crippen molar-refractivity contribution in [1.29, 1.82) is 0 Å². The first-order valence-corrected chi connectivity index (χ1v) is 7.19. The van der Waals surface area contributed by atoms with Gasteiger partial charge in [0.1, 0.15) is 11.4 Å². The Morgan fingerprint density at radius 3 is 2.94 bits per heavy atom. The van der Waals surface area contributed by atoms with Crippen LogP contribution in [-0.4, -0.2) is 29.3 Å². The molecule has 0 unspecified atom stereocenters. The molecule has 0 bridgehead atoms. The number of carboxylic acids is 1. The van der Waals surface area contributed by atoms with Crippen LogP contribution >= 0.6 is 11.3 Å². The Labute approximate surface area is 107 Å². The number of thiophene rings is 1. The molecular weight excluding hydrogens is 278 g/mol. The number of rotatable bonds is 5. The van der Waals surface area contributed by atoms with E-state index < -0.39 is 16.0 Å². The minimum Gasteiger partial charge on any atom is -0.480 e. The second kappa shape index (κ2) is 4.78. The van der Waals surface area contributed by atoms with Gasteiger partial charge < -0.3 is 5.11 Å². The highest BCUT2D eigenvalue weighted by Gasteiger charge is 2.17. The lowest BCUT2D eigenvalue weighted by atomic mass is 10.6. The Morgan fingerprint density at radius 1 is 1.56 bits per heavy atom. The van der Waals surface area contributed by atoms with Gasteiger partial charge in [0, 0.05) is 11.6 Å². The highest BCUT2D eigenvalue weighted by atomic mass is 32.2. The number of carbonyl (C=O) groups is 1. The maximum absolute atomic E-state index is 11.9. The van der Waals surface area contributed by atoms with Crippen molar-refractivity contribution in [3.63, 3.8) is 0 Å². The quantitative estimate of drug-likeness (QED) is 0.848. The second-order valence-corrected chi connectivity index (χ2v) is 5.85. The van der Waals surface area contributed by atoms with Crippen LogP contribution in [0.2, 0.25) is 0 Å². The smallest absolute Gasteiger partial charge is 0.325 e. The van der Waals surface area contributed by atoms with E-state index in [9.17, 15) is 13.2 Å². The van der Waals surface area contributed by atoms with Gasteiger partial charge in [-0.15, -0.1) is 0 Å². The summed E-state index contributed by atoms with van der Waals surface area (Å²) in [5.41, 5.74) is 0.464. The Balaban J connectivity index is 2.19. The minimum atomic E-state index is -3.72. The summed E-state index contributed by atoms with van der Waals surface area (Å²) in [5.74, 6) is -1.09. The molecule has 0 radical (unpaired) electrons. The molecule has 0 spiro atoms. The van der Waals surface area contributed by atoms with E-state index in [1.165, 1.54) is 17.5 Å². The number of hydrogen-bond acceptors (Lipinski definition) is 5. The molecule has 0 aliphatic rings. The van der Waals surface area contributed by atoms with Crippen LogP contribution in [0.3, 0.4) is 0 Å². The lowest BCUT2D eigenvalue weighted by Crippen LogP contribution is -2.12. The molecule has 0 saturated carbocycles. The standard InChI is InChI=1S/C9H9N3O4S2/c13-9(14)5-12-4-8(3-10-12)18(15,16)11-7-1-2-17-6-7/h1-4,6,11H,5H2,(H,13,14). The summed E-state index contributed by atoms with van der Waals surface area (Å²) >= 11 is 1.36. The van der Waals surface area contributed by atoms with E-state index in [2.05, 4.69) is 9.82 Å². The molecule has 0 aliphatic carbocycles. The van der Waals surface area contributed by atoms with Crippen LogP contribution in [0.4, 0.5) is 5.69 Å². The number of anilines is 1. The number of hydrogen-bond donors (Lipinski definition) is 2. The zero-order valence-corrected chi connectivity index (χ0v) is 10.6. The van der Waals surface area contributed by atoms with Crippen LogP contribution in [0.1, 0.15) is 0 Å². The Hall–Kier alpha value is -1.87. The molecule has 2 aromatic heterocycles. The predicted molar refractivity (Wildman–Crippen MR) is 65.0 cm³/mol. The van der Waals surface area contributed by atoms with E-state index in [1.807, 2.05) is 0 Å². The first-order valence-electron chi connectivity index (χ1n) is 4.76. The summed E-state index contributed by atoms with van der Waals surface area (Å²) in [6, 6.07) is 1.63. The van der Waals surface area contributed by atoms with Gasteiger partial charge in [0.15, 0.2) is 0 Å². The fraction of sp³-hybridized carbons (Fsp3) is 0.111. The highest BCUT2D eigenvalue weighted by Crippen LogP contribution is 2.17. The van der Waals surface area contributed by atoms with E-state index in [0.29, 0.717) is 5.69 Å². The van der Waals surface area contributed by atoms with Crippen molar-refractivity contribution in [1.82, 2.24) is 9.78 Å². The van der Waals surface area contributed by atoms with Gasteiger partial charge >= 0.3 is 5.97 Å². The third-order valence-electron chi connectivity index (χ3n) is 1.99. The molecule has 2 heterocycles. The van der Waals surface area contributed by atoms with Gasteiger partial charge in [-0.1, -0.05) is 0 Å². The number of nitrogens with zero attached hydrogens (tertiary/aromatic N) is 2. The lowest BCUT2D eigenvalue weighted by Gasteiger charge is -2.02. The average Bonchev–Trinajstić information content (AvgIpc) is 2.87. The van der Waals surface area contributed by atoms with Crippen LogP contribution in [0.15, 0.2) is 34.1 Å². The first-order chi connectivity index (χ1) is 8.47. The highest BCUT2D eigenvalue weighted by molar-refractivity contribution is 7.92. The van der Waals surface area contributed by atoms with Gasteiger partial charge in [-0.3, -0.25) is 14.2 Å². The van der Waals surface area contributed by atoms with Crippen LogP contribution in [-0.2, 0) is 21.4 Å². The third-order valence-corrected chi connectivity index (χ3v) is 4.01. The molecule has 0 fully saturated rings. The Kier molecular flexibility index (Phi) is 3.34. The molecule has 2 aromatic rings. The Morgan fingerprint density at radius 2 is 2.33 bits per heavy atom. The maximum Gasteiger partial charge on any atom is 0.325 e. The molecule has 2 N–H and O–H groups in total. The zero-order valence-electron chi connectivity index (χ0n) is 8.98. The number of aliphatic carboxylic acids is 1. The molecule has 0 atom stereocenters. The average molecular weight is 287 g/mol. The molecule has 2 rings (SSSR count). The second-order valence-electron chi connectivity index (χ2n) is 3.38. The van der Waals surface area contributed by atoms with E-state index in [0.717, 1.165) is 10.9 Å². The molecule has 0 amide bonds. The van der Waals surface area contributed by atoms with Gasteiger partial charge in [0.05, 0.1) is 11.9 Å². The van der Waals surface area contributed by atoms with Crippen LogP contribution in [0, 0.1) is 0 Å². The van der Waals surface area contributed by atoms with Crippen LogP contribution in [0.5, 0.6) is 0 Å². The van der Waals surface area contributed by atoms with Crippen molar-refractivity contribution >= 4 is 33.0 Å². The predicted octanol–water partition coefficient (Wildman–Crippen LogP) is 0.830. The topological polar surface area (TPSA) is 101 Å². The van der Waals surface area contributed by atoms with E-state index in [1.54, 1.807) is 16.8 Å². The molecule has 7 nitrogen and oxygen atoms in total. The van der Waals surface area contributed by atoms with Gasteiger partial charge in [0.25, 0.3) is 10.0 Å². The SMILES string of the molecule is O=C(O)Cn1cc(S(=O)(=O)Nc2ccsc2)cn1. The summed E-state index contributed by atoms with van der Waals surface area (Å²) in [7, 11) is -3.72. The fourth-order valence-corrected chi connectivity index (χ4v) is 2.91. The van der Waals surface area contributed by atoms with E-state index in [-0.39, 0.29) is 11.4 Å². The summed E-state index contributed by atoms with van der Waals surface area (Å²) < 4.78 is 27.2. The normalized spacial score (nSPS) is 11.3. The lowest BCUT2D eigenvalue weighted by molar-refractivity contribution is -0.137. The summed E-state index contributed by atoms with van der Waals surface area (Å²) in [6.07, 6.45) is 2.28. The number of carboxylic acid groups (broad SMARTS) is 1. The maximum atomic E-state index is 11.9. The van der Waals surface area contributed by atoms with Crippen molar-refractivity contribution in [2.45, 2.75) is 11.4 Å². The monoisotopic (exact) mass is 287 g/mol. The summed E-state index contributed by atoms with van der Waals surface area (Å²) in [4.78, 5) is 10.4. The molecular formula is C9H9N3O4S2. The molecule has 0 aliphatic heterocycles. The van der Waals surface area contributed by atoms with Crippen molar-refractivity contribution < 1.29 is 18.3 Å². The van der Waals surface area contributed by atoms with Crippen molar-refractivity contribution in [3.05, 3.63) is 29.2 Å². The fourth-order valence-electron chi connectivity index (χ4n) is 1.25.